The maximum Gasteiger partial charge on any atom is 0.273 e. The number of hydrogen-bond donors (Lipinski definition) is 1. The van der Waals surface area contributed by atoms with Gasteiger partial charge in [-0.2, -0.15) is 0 Å². The summed E-state index contributed by atoms with van der Waals surface area (Å²) in [5.41, 5.74) is 7.62. The van der Waals surface area contributed by atoms with Crippen LogP contribution in [0.2, 0.25) is 5.02 Å². The van der Waals surface area contributed by atoms with Crippen molar-refractivity contribution in [2.24, 2.45) is 0 Å². The third-order valence-corrected chi connectivity index (χ3v) is 5.15. The second kappa shape index (κ2) is 7.59. The van der Waals surface area contributed by atoms with Crippen molar-refractivity contribution in [2.75, 3.05) is 12.3 Å². The second-order valence-electron chi connectivity index (χ2n) is 6.84. The normalized spacial score (nSPS) is 16.5. The molecule has 3 heterocycles. The number of rotatable bonds is 4. The Morgan fingerprint density at radius 1 is 1.36 bits per heavy atom. The number of nitrogens with two attached hydrogens (primary N) is 1. The molecule has 0 radical (unpaired) electrons. The largest absolute Gasteiger partial charge is 0.443 e. The smallest absolute Gasteiger partial charge is 0.273 e. The number of aromatic nitrogens is 3. The maximum absolute atomic E-state index is 13.0. The summed E-state index contributed by atoms with van der Waals surface area (Å²) in [5.74, 6) is 1.15. The van der Waals surface area contributed by atoms with Gasteiger partial charge in [-0.15, -0.1) is 0 Å². The minimum absolute atomic E-state index is 0.0947. The SMILES string of the molecule is Cc1cc(C(=O)N2CCCC2c2ncc(Cc3ccccc3Cl)o2)nc(N)n1. The fourth-order valence-electron chi connectivity index (χ4n) is 3.50. The number of carbonyl (C=O) groups excluding carboxylic acids is 1. The molecule has 0 saturated carbocycles. The molecule has 1 atom stereocenters. The van der Waals surface area contributed by atoms with E-state index in [0.29, 0.717) is 41.0 Å². The fourth-order valence-corrected chi connectivity index (χ4v) is 3.71. The molecular weight excluding hydrogens is 378 g/mol. The van der Waals surface area contributed by atoms with Crippen LogP contribution in [-0.2, 0) is 6.42 Å². The summed E-state index contributed by atoms with van der Waals surface area (Å²) in [7, 11) is 0. The molecule has 1 aliphatic rings. The number of anilines is 1. The summed E-state index contributed by atoms with van der Waals surface area (Å²) >= 11 is 6.23. The van der Waals surface area contributed by atoms with E-state index in [4.69, 9.17) is 21.8 Å². The molecule has 4 rings (SSSR count). The van der Waals surface area contributed by atoms with Crippen LogP contribution in [0.4, 0.5) is 5.95 Å². The lowest BCUT2D eigenvalue weighted by Gasteiger charge is -2.22. The number of likely N-dealkylation sites (tertiary alicyclic amines) is 1. The van der Waals surface area contributed by atoms with Crippen LogP contribution in [-0.4, -0.2) is 32.3 Å². The molecule has 1 aromatic carbocycles. The van der Waals surface area contributed by atoms with Crippen LogP contribution in [0.15, 0.2) is 40.9 Å². The molecule has 3 aromatic rings. The lowest BCUT2D eigenvalue weighted by Crippen LogP contribution is -2.31. The lowest BCUT2D eigenvalue weighted by molar-refractivity contribution is 0.0708. The molecule has 0 aliphatic carbocycles. The first kappa shape index (κ1) is 18.4. The van der Waals surface area contributed by atoms with Gasteiger partial charge in [0.05, 0.1) is 6.20 Å². The first-order valence-electron chi connectivity index (χ1n) is 9.11. The first-order chi connectivity index (χ1) is 13.5. The monoisotopic (exact) mass is 397 g/mol. The zero-order chi connectivity index (χ0) is 19.7. The number of nitrogen functional groups attached to an aromatic ring is 1. The molecular formula is C20H20ClN5O2. The van der Waals surface area contributed by atoms with Crippen LogP contribution in [0.25, 0.3) is 0 Å². The number of nitrogens with zero attached hydrogens (tertiary/aromatic N) is 4. The Morgan fingerprint density at radius 3 is 2.96 bits per heavy atom. The molecule has 0 spiro atoms. The highest BCUT2D eigenvalue weighted by Crippen LogP contribution is 2.33. The Hall–Kier alpha value is -2.93. The maximum atomic E-state index is 13.0. The van der Waals surface area contributed by atoms with Crippen molar-refractivity contribution in [3.05, 3.63) is 70.2 Å². The predicted molar refractivity (Wildman–Crippen MR) is 105 cm³/mol. The van der Waals surface area contributed by atoms with Crippen molar-refractivity contribution in [1.29, 1.82) is 0 Å². The van der Waals surface area contributed by atoms with Crippen LogP contribution in [0.1, 0.15) is 52.3 Å². The van der Waals surface area contributed by atoms with Crippen LogP contribution in [0, 0.1) is 6.92 Å². The Balaban J connectivity index is 1.55. The van der Waals surface area contributed by atoms with Crippen LogP contribution < -0.4 is 5.73 Å². The number of oxazole rings is 1. The van der Waals surface area contributed by atoms with Crippen molar-refractivity contribution in [1.82, 2.24) is 19.9 Å². The summed E-state index contributed by atoms with van der Waals surface area (Å²) in [6, 6.07) is 9.06. The summed E-state index contributed by atoms with van der Waals surface area (Å²) in [6.45, 7) is 2.40. The Kier molecular flexibility index (Phi) is 5.00. The zero-order valence-electron chi connectivity index (χ0n) is 15.4. The van der Waals surface area contributed by atoms with Gasteiger partial charge in [-0.1, -0.05) is 29.8 Å². The number of amides is 1. The zero-order valence-corrected chi connectivity index (χ0v) is 16.2. The molecule has 2 aromatic heterocycles. The van der Waals surface area contributed by atoms with Crippen molar-refractivity contribution in [3.63, 3.8) is 0 Å². The van der Waals surface area contributed by atoms with Crippen molar-refractivity contribution < 1.29 is 9.21 Å². The quantitative estimate of drug-likeness (QED) is 0.722. The molecule has 1 amide bonds. The average Bonchev–Trinajstić information content (AvgIpc) is 3.31. The van der Waals surface area contributed by atoms with Gasteiger partial charge in [-0.3, -0.25) is 4.79 Å². The molecule has 1 unspecified atom stereocenters. The summed E-state index contributed by atoms with van der Waals surface area (Å²) < 4.78 is 5.97. The van der Waals surface area contributed by atoms with Crippen molar-refractivity contribution in [3.8, 4) is 0 Å². The van der Waals surface area contributed by atoms with E-state index in [2.05, 4.69) is 15.0 Å². The van der Waals surface area contributed by atoms with Gasteiger partial charge in [0.2, 0.25) is 11.8 Å². The molecule has 0 bridgehead atoms. The summed E-state index contributed by atoms with van der Waals surface area (Å²) in [4.78, 5) is 27.2. The third-order valence-electron chi connectivity index (χ3n) is 4.78. The molecule has 1 aliphatic heterocycles. The molecule has 8 heteroatoms. The summed E-state index contributed by atoms with van der Waals surface area (Å²) in [5, 5.41) is 0.690. The van der Waals surface area contributed by atoms with E-state index in [0.717, 1.165) is 18.4 Å². The highest BCUT2D eigenvalue weighted by molar-refractivity contribution is 6.31. The van der Waals surface area contributed by atoms with E-state index in [1.54, 1.807) is 24.1 Å². The number of halogens is 1. The Morgan fingerprint density at radius 2 is 2.18 bits per heavy atom. The first-order valence-corrected chi connectivity index (χ1v) is 9.49. The van der Waals surface area contributed by atoms with Crippen LogP contribution >= 0.6 is 11.6 Å². The van der Waals surface area contributed by atoms with E-state index < -0.39 is 0 Å². The third kappa shape index (κ3) is 3.71. The number of aryl methyl sites for hydroxylation is 1. The highest BCUT2D eigenvalue weighted by Gasteiger charge is 2.34. The molecule has 28 heavy (non-hydrogen) atoms. The minimum Gasteiger partial charge on any atom is -0.443 e. The van der Waals surface area contributed by atoms with Gasteiger partial charge in [0.15, 0.2) is 0 Å². The number of hydrogen-bond acceptors (Lipinski definition) is 6. The van der Waals surface area contributed by atoms with Gasteiger partial charge in [0.25, 0.3) is 5.91 Å². The topological polar surface area (TPSA) is 98.1 Å². The molecule has 1 fully saturated rings. The Labute approximate surface area is 167 Å². The number of benzene rings is 1. The van der Waals surface area contributed by atoms with E-state index in [-0.39, 0.29) is 17.9 Å². The number of carbonyl (C=O) groups is 1. The van der Waals surface area contributed by atoms with Gasteiger partial charge < -0.3 is 15.1 Å². The fraction of sp³-hybridized carbons (Fsp3) is 0.300. The second-order valence-corrected chi connectivity index (χ2v) is 7.25. The minimum atomic E-state index is -0.219. The highest BCUT2D eigenvalue weighted by atomic mass is 35.5. The van der Waals surface area contributed by atoms with Gasteiger partial charge in [0.1, 0.15) is 17.5 Å². The van der Waals surface area contributed by atoms with Crippen molar-refractivity contribution in [2.45, 2.75) is 32.2 Å². The molecule has 2 N–H and O–H groups in total. The predicted octanol–water partition coefficient (Wildman–Crippen LogP) is 3.58. The van der Waals surface area contributed by atoms with Gasteiger partial charge in [0, 0.05) is 23.7 Å². The molecule has 1 saturated heterocycles. The average molecular weight is 398 g/mol. The molecule has 7 nitrogen and oxygen atoms in total. The van der Waals surface area contributed by atoms with Gasteiger partial charge in [-0.25, -0.2) is 15.0 Å². The van der Waals surface area contributed by atoms with E-state index in [9.17, 15) is 4.79 Å². The Bertz CT molecular complexity index is 999. The van der Waals surface area contributed by atoms with E-state index in [1.165, 1.54) is 0 Å². The van der Waals surface area contributed by atoms with Gasteiger partial charge >= 0.3 is 0 Å². The van der Waals surface area contributed by atoms with E-state index in [1.807, 2.05) is 24.3 Å². The molecule has 144 valence electrons. The van der Waals surface area contributed by atoms with Gasteiger partial charge in [-0.05, 0) is 37.5 Å². The standard InChI is InChI=1S/C20H20ClN5O2/c1-12-9-16(25-20(22)24-12)19(27)26-8-4-7-17(26)18-23-11-14(28-18)10-13-5-2-3-6-15(13)21/h2-3,5-6,9,11,17H,4,7-8,10H2,1H3,(H2,22,24,25). The van der Waals surface area contributed by atoms with Crippen LogP contribution in [0.3, 0.4) is 0 Å². The lowest BCUT2D eigenvalue weighted by atomic mass is 10.1. The van der Waals surface area contributed by atoms with E-state index >= 15 is 0 Å². The van der Waals surface area contributed by atoms with Crippen molar-refractivity contribution >= 4 is 23.5 Å². The summed E-state index contributed by atoms with van der Waals surface area (Å²) in [6.07, 6.45) is 3.91. The van der Waals surface area contributed by atoms with Crippen LogP contribution in [0.5, 0.6) is 0 Å².